The van der Waals surface area contributed by atoms with Crippen LogP contribution in [0, 0.1) is 6.92 Å². The maximum Gasteiger partial charge on any atom is 0.252 e. The molecule has 6 heteroatoms. The number of nitrogens with zero attached hydrogens (tertiary/aromatic N) is 3. The molecule has 134 valence electrons. The maximum atomic E-state index is 11.9. The van der Waals surface area contributed by atoms with E-state index in [0.717, 1.165) is 29.2 Å². The zero-order valence-electron chi connectivity index (χ0n) is 15.1. The van der Waals surface area contributed by atoms with Crippen LogP contribution in [0.5, 0.6) is 0 Å². The Labute approximate surface area is 153 Å². The maximum absolute atomic E-state index is 11.9. The molecule has 0 aliphatic heterocycles. The Morgan fingerprint density at radius 3 is 2.69 bits per heavy atom. The lowest BCUT2D eigenvalue weighted by atomic mass is 10.1. The molecule has 0 radical (unpaired) electrons. The number of amides is 1. The van der Waals surface area contributed by atoms with Crippen molar-refractivity contribution in [3.63, 3.8) is 0 Å². The fourth-order valence-corrected chi connectivity index (χ4v) is 2.59. The van der Waals surface area contributed by atoms with E-state index in [-0.39, 0.29) is 5.91 Å². The van der Waals surface area contributed by atoms with Gasteiger partial charge in [0.05, 0.1) is 16.9 Å². The predicted molar refractivity (Wildman–Crippen MR) is 102 cm³/mol. The normalized spacial score (nSPS) is 10.5. The van der Waals surface area contributed by atoms with Crippen molar-refractivity contribution < 1.29 is 4.79 Å². The molecule has 0 unspecified atom stereocenters. The van der Waals surface area contributed by atoms with Gasteiger partial charge in [-0.15, -0.1) is 0 Å². The fourth-order valence-electron chi connectivity index (χ4n) is 2.59. The van der Waals surface area contributed by atoms with E-state index in [4.69, 9.17) is 0 Å². The molecule has 0 spiro atoms. The summed E-state index contributed by atoms with van der Waals surface area (Å²) >= 11 is 0. The van der Waals surface area contributed by atoms with E-state index >= 15 is 0 Å². The smallest absolute Gasteiger partial charge is 0.252 e. The molecule has 3 aromatic rings. The Hall–Kier alpha value is -3.15. The van der Waals surface area contributed by atoms with Gasteiger partial charge in [-0.2, -0.15) is 5.10 Å². The summed E-state index contributed by atoms with van der Waals surface area (Å²) in [6.07, 6.45) is 4.46. The lowest BCUT2D eigenvalue weighted by molar-refractivity contribution is 0.0953. The molecule has 0 bridgehead atoms. The van der Waals surface area contributed by atoms with Crippen molar-refractivity contribution in [2.45, 2.75) is 26.8 Å². The van der Waals surface area contributed by atoms with Gasteiger partial charge >= 0.3 is 0 Å². The van der Waals surface area contributed by atoms with Crippen molar-refractivity contribution in [2.24, 2.45) is 0 Å². The molecule has 2 heterocycles. The number of carbonyl (C=O) groups is 1. The predicted octanol–water partition coefficient (Wildman–Crippen LogP) is 3.33. The first-order valence-electron chi connectivity index (χ1n) is 8.76. The van der Waals surface area contributed by atoms with Crippen LogP contribution in [0.15, 0.2) is 54.9 Å². The van der Waals surface area contributed by atoms with Gasteiger partial charge < -0.3 is 10.6 Å². The van der Waals surface area contributed by atoms with Crippen LogP contribution in [0.25, 0.3) is 5.69 Å². The Morgan fingerprint density at radius 1 is 1.15 bits per heavy atom. The third-order valence-electron chi connectivity index (χ3n) is 3.98. The van der Waals surface area contributed by atoms with Crippen molar-refractivity contribution in [1.29, 1.82) is 0 Å². The standard InChI is InChI=1S/C20H23N5O/c1-3-11-21-20(26)17-8-9-19(23-14-17)22-13-16-6-4-5-7-18(16)25-12-10-15(2)24-25/h4-10,12,14H,3,11,13H2,1-2H3,(H,21,26)(H,22,23). The highest BCUT2D eigenvalue weighted by Gasteiger charge is 2.07. The van der Waals surface area contributed by atoms with Crippen molar-refractivity contribution >= 4 is 11.7 Å². The first kappa shape index (κ1) is 17.7. The van der Waals surface area contributed by atoms with Crippen LogP contribution in [0.2, 0.25) is 0 Å². The highest BCUT2D eigenvalue weighted by atomic mass is 16.1. The van der Waals surface area contributed by atoms with E-state index in [2.05, 4.69) is 26.8 Å². The Kier molecular flexibility index (Phi) is 5.63. The molecule has 26 heavy (non-hydrogen) atoms. The number of pyridine rings is 1. The topological polar surface area (TPSA) is 71.8 Å². The van der Waals surface area contributed by atoms with Gasteiger partial charge in [0.2, 0.25) is 0 Å². The molecule has 0 saturated carbocycles. The van der Waals surface area contributed by atoms with E-state index in [9.17, 15) is 4.79 Å². The minimum Gasteiger partial charge on any atom is -0.366 e. The molecular weight excluding hydrogens is 326 g/mol. The Morgan fingerprint density at radius 2 is 2.00 bits per heavy atom. The second-order valence-corrected chi connectivity index (χ2v) is 6.07. The number of para-hydroxylation sites is 1. The molecule has 0 aliphatic rings. The van der Waals surface area contributed by atoms with Crippen LogP contribution >= 0.6 is 0 Å². The molecule has 6 nitrogen and oxygen atoms in total. The highest BCUT2D eigenvalue weighted by Crippen LogP contribution is 2.16. The molecular formula is C20H23N5O. The summed E-state index contributed by atoms with van der Waals surface area (Å²) in [5.41, 5.74) is 3.69. The van der Waals surface area contributed by atoms with E-state index in [1.54, 1.807) is 12.3 Å². The van der Waals surface area contributed by atoms with Crippen molar-refractivity contribution in [1.82, 2.24) is 20.1 Å². The van der Waals surface area contributed by atoms with Crippen LogP contribution in [0.3, 0.4) is 0 Å². The third kappa shape index (κ3) is 4.27. The Bertz CT molecular complexity index is 870. The molecule has 0 saturated heterocycles. The first-order valence-corrected chi connectivity index (χ1v) is 8.76. The molecule has 2 N–H and O–H groups in total. The summed E-state index contributed by atoms with van der Waals surface area (Å²) < 4.78 is 1.88. The van der Waals surface area contributed by atoms with Gasteiger partial charge in [0.25, 0.3) is 5.91 Å². The molecule has 0 atom stereocenters. The summed E-state index contributed by atoms with van der Waals surface area (Å²) in [6, 6.07) is 13.7. The molecule has 0 aliphatic carbocycles. The number of hydrogen-bond acceptors (Lipinski definition) is 4. The van der Waals surface area contributed by atoms with Gasteiger partial charge in [-0.1, -0.05) is 25.1 Å². The highest BCUT2D eigenvalue weighted by molar-refractivity contribution is 5.94. The second-order valence-electron chi connectivity index (χ2n) is 6.07. The van der Waals surface area contributed by atoms with Crippen molar-refractivity contribution in [3.8, 4) is 5.69 Å². The summed E-state index contributed by atoms with van der Waals surface area (Å²) in [5.74, 6) is 0.633. The quantitative estimate of drug-likeness (QED) is 0.686. The van der Waals surface area contributed by atoms with Crippen LogP contribution in [-0.2, 0) is 6.54 Å². The van der Waals surface area contributed by atoms with Gasteiger partial charge in [-0.05, 0) is 43.2 Å². The summed E-state index contributed by atoms with van der Waals surface area (Å²) in [4.78, 5) is 16.3. The largest absolute Gasteiger partial charge is 0.366 e. The van der Waals surface area contributed by atoms with Crippen molar-refractivity contribution in [2.75, 3.05) is 11.9 Å². The SMILES string of the molecule is CCCNC(=O)c1ccc(NCc2ccccc2-n2ccc(C)n2)nc1. The van der Waals surface area contributed by atoms with E-state index in [1.807, 2.05) is 55.1 Å². The minimum absolute atomic E-state index is 0.0923. The number of aryl methyl sites for hydroxylation is 1. The van der Waals surface area contributed by atoms with Gasteiger partial charge in [0.1, 0.15) is 5.82 Å². The number of hydrogen-bond donors (Lipinski definition) is 2. The zero-order valence-corrected chi connectivity index (χ0v) is 15.1. The molecule has 0 fully saturated rings. The van der Waals surface area contributed by atoms with Crippen molar-refractivity contribution in [3.05, 3.63) is 71.7 Å². The van der Waals surface area contributed by atoms with Crippen LogP contribution in [0.4, 0.5) is 5.82 Å². The van der Waals surface area contributed by atoms with Crippen LogP contribution in [-0.4, -0.2) is 27.2 Å². The van der Waals surface area contributed by atoms with E-state index in [1.165, 1.54) is 0 Å². The van der Waals surface area contributed by atoms with Gasteiger partial charge in [0, 0.05) is 25.5 Å². The number of benzene rings is 1. The summed E-state index contributed by atoms with van der Waals surface area (Å²) in [6.45, 7) is 5.28. The number of aromatic nitrogens is 3. The van der Waals surface area contributed by atoms with Gasteiger partial charge in [-0.3, -0.25) is 4.79 Å². The Balaban J connectivity index is 1.67. The summed E-state index contributed by atoms with van der Waals surface area (Å²) in [7, 11) is 0. The number of rotatable bonds is 7. The molecule has 1 aromatic carbocycles. The van der Waals surface area contributed by atoms with Crippen LogP contribution < -0.4 is 10.6 Å². The minimum atomic E-state index is -0.0923. The third-order valence-corrected chi connectivity index (χ3v) is 3.98. The fraction of sp³-hybridized carbons (Fsp3) is 0.250. The average molecular weight is 349 g/mol. The molecule has 1 amide bonds. The van der Waals surface area contributed by atoms with Gasteiger partial charge in [0.15, 0.2) is 0 Å². The average Bonchev–Trinajstić information content (AvgIpc) is 3.11. The van der Waals surface area contributed by atoms with E-state index in [0.29, 0.717) is 18.7 Å². The summed E-state index contributed by atoms with van der Waals surface area (Å²) in [5, 5.41) is 10.6. The monoisotopic (exact) mass is 349 g/mol. The molecule has 2 aromatic heterocycles. The number of nitrogens with one attached hydrogen (secondary N) is 2. The first-order chi connectivity index (χ1) is 12.7. The van der Waals surface area contributed by atoms with E-state index < -0.39 is 0 Å². The zero-order chi connectivity index (χ0) is 18.4. The lowest BCUT2D eigenvalue weighted by Crippen LogP contribution is -2.24. The lowest BCUT2D eigenvalue weighted by Gasteiger charge is -2.11. The molecule has 3 rings (SSSR count). The second kappa shape index (κ2) is 8.29. The number of anilines is 1. The number of carbonyl (C=O) groups excluding carboxylic acids is 1. The van der Waals surface area contributed by atoms with Gasteiger partial charge in [-0.25, -0.2) is 9.67 Å². The van der Waals surface area contributed by atoms with Crippen LogP contribution in [0.1, 0.15) is 35.0 Å².